The normalized spacial score (nSPS) is 18.1. The summed E-state index contributed by atoms with van der Waals surface area (Å²) in [6.07, 6.45) is 3.86. The van der Waals surface area contributed by atoms with E-state index in [1.165, 1.54) is 11.5 Å². The van der Waals surface area contributed by atoms with Gasteiger partial charge >= 0.3 is 0 Å². The van der Waals surface area contributed by atoms with Crippen molar-refractivity contribution in [3.8, 4) is 0 Å². The molecule has 88 valence electrons. The van der Waals surface area contributed by atoms with Crippen molar-refractivity contribution in [1.82, 2.24) is 9.59 Å². The highest BCUT2D eigenvalue weighted by Gasteiger charge is 2.22. The first-order valence-corrected chi connectivity index (χ1v) is 6.35. The first kappa shape index (κ1) is 11.5. The average molecular weight is 239 g/mol. The summed E-state index contributed by atoms with van der Waals surface area (Å²) in [5, 5.41) is 4.15. The Morgan fingerprint density at radius 2 is 2.31 bits per heavy atom. The number of aromatic nitrogens is 2. The number of nitrogens with two attached hydrogens (primary N) is 1. The minimum Gasteiger partial charge on any atom is -0.501 e. The lowest BCUT2D eigenvalue weighted by Crippen LogP contribution is -2.17. The van der Waals surface area contributed by atoms with Gasteiger partial charge in [-0.3, -0.25) is 0 Å². The second kappa shape index (κ2) is 4.93. The van der Waals surface area contributed by atoms with E-state index in [4.69, 9.17) is 10.5 Å². The standard InChI is InChI=1S/C11H17N3OS/c1-7(2)10-11(16-14-13-10)9(12)8-4-3-5-15-6-8/h6-7,9H,3-5,12H2,1-2H3. The molecule has 1 aliphatic rings. The lowest BCUT2D eigenvalue weighted by molar-refractivity contribution is 0.221. The number of nitrogens with zero attached hydrogens (tertiary/aromatic N) is 2. The van der Waals surface area contributed by atoms with E-state index in [9.17, 15) is 0 Å². The summed E-state index contributed by atoms with van der Waals surface area (Å²) in [5.74, 6) is 0.366. The smallest absolute Gasteiger partial charge is 0.0876 e. The molecule has 0 radical (unpaired) electrons. The van der Waals surface area contributed by atoms with Crippen molar-refractivity contribution in [3.05, 3.63) is 22.4 Å². The molecule has 0 amide bonds. The second-order valence-corrected chi connectivity index (χ2v) is 5.11. The fourth-order valence-corrected chi connectivity index (χ4v) is 2.65. The summed E-state index contributed by atoms with van der Waals surface area (Å²) in [7, 11) is 0. The van der Waals surface area contributed by atoms with Crippen LogP contribution in [0, 0.1) is 0 Å². The van der Waals surface area contributed by atoms with Crippen LogP contribution in [-0.2, 0) is 4.74 Å². The van der Waals surface area contributed by atoms with Crippen LogP contribution < -0.4 is 5.73 Å². The van der Waals surface area contributed by atoms with E-state index < -0.39 is 0 Å². The van der Waals surface area contributed by atoms with Gasteiger partial charge in [-0.25, -0.2) is 0 Å². The van der Waals surface area contributed by atoms with Crippen LogP contribution >= 0.6 is 11.5 Å². The number of hydrogen-bond donors (Lipinski definition) is 1. The molecular formula is C11H17N3OS. The van der Waals surface area contributed by atoms with Crippen molar-refractivity contribution in [1.29, 1.82) is 0 Å². The Morgan fingerprint density at radius 1 is 1.50 bits per heavy atom. The third kappa shape index (κ3) is 2.25. The topological polar surface area (TPSA) is 61.0 Å². The van der Waals surface area contributed by atoms with Gasteiger partial charge in [0.25, 0.3) is 0 Å². The van der Waals surface area contributed by atoms with Crippen LogP contribution in [0.5, 0.6) is 0 Å². The van der Waals surface area contributed by atoms with Crippen molar-refractivity contribution in [3.63, 3.8) is 0 Å². The Balaban J connectivity index is 2.22. The van der Waals surface area contributed by atoms with Crippen LogP contribution in [0.1, 0.15) is 49.2 Å². The van der Waals surface area contributed by atoms with Crippen LogP contribution in [0.4, 0.5) is 0 Å². The molecule has 2 N–H and O–H groups in total. The van der Waals surface area contributed by atoms with Gasteiger partial charge in [-0.2, -0.15) is 0 Å². The molecule has 2 heterocycles. The Bertz CT molecular complexity index is 386. The molecule has 0 saturated heterocycles. The highest BCUT2D eigenvalue weighted by molar-refractivity contribution is 7.05. The zero-order valence-corrected chi connectivity index (χ0v) is 10.5. The van der Waals surface area contributed by atoms with E-state index in [1.54, 1.807) is 6.26 Å². The number of hydrogen-bond acceptors (Lipinski definition) is 5. The molecule has 1 aromatic rings. The fraction of sp³-hybridized carbons (Fsp3) is 0.636. The summed E-state index contributed by atoms with van der Waals surface area (Å²) in [5.41, 5.74) is 8.40. The predicted octanol–water partition coefficient (Wildman–Crippen LogP) is 2.36. The lowest BCUT2D eigenvalue weighted by atomic mass is 9.98. The number of ether oxygens (including phenoxy) is 1. The van der Waals surface area contributed by atoms with Gasteiger partial charge < -0.3 is 10.5 Å². The molecule has 1 aromatic heterocycles. The first-order valence-electron chi connectivity index (χ1n) is 5.58. The second-order valence-electron chi connectivity index (χ2n) is 4.32. The molecule has 1 aliphatic heterocycles. The molecule has 1 atom stereocenters. The summed E-state index contributed by atoms with van der Waals surface area (Å²) < 4.78 is 9.33. The van der Waals surface area contributed by atoms with Crippen LogP contribution in [0.25, 0.3) is 0 Å². The minimum atomic E-state index is -0.0994. The lowest BCUT2D eigenvalue weighted by Gasteiger charge is -2.19. The average Bonchev–Trinajstić information content (AvgIpc) is 2.78. The maximum Gasteiger partial charge on any atom is 0.0876 e. The van der Waals surface area contributed by atoms with E-state index in [-0.39, 0.29) is 6.04 Å². The quantitative estimate of drug-likeness (QED) is 0.879. The molecule has 5 heteroatoms. The molecule has 1 unspecified atom stereocenters. The molecule has 0 saturated carbocycles. The van der Waals surface area contributed by atoms with Gasteiger partial charge in [-0.05, 0) is 35.9 Å². The van der Waals surface area contributed by atoms with Gasteiger partial charge in [-0.15, -0.1) is 5.10 Å². The van der Waals surface area contributed by atoms with E-state index in [2.05, 4.69) is 23.4 Å². The van der Waals surface area contributed by atoms with Crippen LogP contribution in [0.3, 0.4) is 0 Å². The van der Waals surface area contributed by atoms with Crippen LogP contribution in [0.15, 0.2) is 11.8 Å². The van der Waals surface area contributed by atoms with Crippen LogP contribution in [0.2, 0.25) is 0 Å². The largest absolute Gasteiger partial charge is 0.501 e. The fourth-order valence-electron chi connectivity index (χ4n) is 1.80. The SMILES string of the molecule is CC(C)c1nnsc1C(N)C1=COCCC1. The Morgan fingerprint density at radius 3 is 2.94 bits per heavy atom. The van der Waals surface area contributed by atoms with Gasteiger partial charge in [0.05, 0.1) is 29.5 Å². The third-order valence-corrected chi connectivity index (χ3v) is 3.55. The van der Waals surface area contributed by atoms with Gasteiger partial charge in [0.1, 0.15) is 0 Å². The van der Waals surface area contributed by atoms with Crippen molar-refractivity contribution in [2.24, 2.45) is 5.73 Å². The molecule has 0 spiro atoms. The molecule has 0 bridgehead atoms. The Labute approximate surface area is 99.7 Å². The summed E-state index contributed by atoms with van der Waals surface area (Å²) in [6.45, 7) is 5.02. The molecular weight excluding hydrogens is 222 g/mol. The first-order chi connectivity index (χ1) is 7.70. The summed E-state index contributed by atoms with van der Waals surface area (Å²) in [4.78, 5) is 1.08. The zero-order chi connectivity index (χ0) is 11.5. The molecule has 0 aliphatic carbocycles. The molecule has 16 heavy (non-hydrogen) atoms. The van der Waals surface area contributed by atoms with E-state index in [0.717, 1.165) is 35.6 Å². The van der Waals surface area contributed by atoms with Crippen LogP contribution in [-0.4, -0.2) is 16.2 Å². The number of rotatable bonds is 3. The van der Waals surface area contributed by atoms with Gasteiger partial charge in [0, 0.05) is 0 Å². The van der Waals surface area contributed by atoms with Crippen molar-refractivity contribution in [2.45, 2.75) is 38.6 Å². The predicted molar refractivity (Wildman–Crippen MR) is 64.2 cm³/mol. The van der Waals surface area contributed by atoms with E-state index in [1.807, 2.05) is 0 Å². The monoisotopic (exact) mass is 239 g/mol. The minimum absolute atomic E-state index is 0.0994. The summed E-state index contributed by atoms with van der Waals surface area (Å²) in [6, 6.07) is -0.0994. The molecule has 0 aromatic carbocycles. The molecule has 4 nitrogen and oxygen atoms in total. The van der Waals surface area contributed by atoms with Gasteiger partial charge in [0.2, 0.25) is 0 Å². The molecule has 0 fully saturated rings. The Hall–Kier alpha value is -0.940. The third-order valence-electron chi connectivity index (χ3n) is 2.73. The molecule has 2 rings (SSSR count). The zero-order valence-electron chi connectivity index (χ0n) is 9.64. The maximum absolute atomic E-state index is 6.23. The van der Waals surface area contributed by atoms with Gasteiger partial charge in [0.15, 0.2) is 0 Å². The summed E-state index contributed by atoms with van der Waals surface area (Å²) >= 11 is 1.40. The highest BCUT2D eigenvalue weighted by Crippen LogP contribution is 2.31. The van der Waals surface area contributed by atoms with Crippen molar-refractivity contribution < 1.29 is 4.74 Å². The van der Waals surface area contributed by atoms with E-state index >= 15 is 0 Å². The maximum atomic E-state index is 6.23. The van der Waals surface area contributed by atoms with Crippen molar-refractivity contribution in [2.75, 3.05) is 6.61 Å². The van der Waals surface area contributed by atoms with Gasteiger partial charge in [-0.1, -0.05) is 18.3 Å². The van der Waals surface area contributed by atoms with E-state index in [0.29, 0.717) is 5.92 Å². The Kier molecular flexibility index (Phi) is 3.56. The van der Waals surface area contributed by atoms with Crippen molar-refractivity contribution >= 4 is 11.5 Å². The highest BCUT2D eigenvalue weighted by atomic mass is 32.1.